The molecule has 3 aromatic carbocycles. The Bertz CT molecular complexity index is 1070. The van der Waals surface area contributed by atoms with Crippen LogP contribution >= 0.6 is 0 Å². The van der Waals surface area contributed by atoms with Gasteiger partial charge in [0, 0.05) is 11.6 Å². The Labute approximate surface area is 187 Å². The van der Waals surface area contributed by atoms with E-state index in [0.717, 1.165) is 27.8 Å². The fourth-order valence-corrected chi connectivity index (χ4v) is 4.08. The van der Waals surface area contributed by atoms with Gasteiger partial charge in [-0.2, -0.15) is 0 Å². The van der Waals surface area contributed by atoms with E-state index in [-0.39, 0.29) is 25.0 Å². The molecule has 6 nitrogen and oxygen atoms in total. The molecule has 4 N–H and O–H groups in total. The van der Waals surface area contributed by atoms with Gasteiger partial charge in [-0.3, -0.25) is 4.79 Å². The van der Waals surface area contributed by atoms with Crippen LogP contribution in [-0.4, -0.2) is 31.2 Å². The Kier molecular flexibility index (Phi) is 6.52. The maximum absolute atomic E-state index is 12.7. The Morgan fingerprint density at radius 1 is 0.938 bits per heavy atom. The molecule has 4 rings (SSSR count). The SMILES string of the molecule is Cc1ccc(NC(=O)[C@@H](CCN)NC(=O)OCC2c3ccccc3-c3ccccc32)cc1. The second-order valence-corrected chi connectivity index (χ2v) is 7.96. The number of aryl methyl sites for hydroxylation is 1. The van der Waals surface area contributed by atoms with Crippen LogP contribution in [0.25, 0.3) is 11.1 Å². The molecule has 0 radical (unpaired) electrons. The minimum Gasteiger partial charge on any atom is -0.449 e. The van der Waals surface area contributed by atoms with Crippen molar-refractivity contribution in [3.8, 4) is 11.1 Å². The molecule has 0 heterocycles. The van der Waals surface area contributed by atoms with Crippen molar-refractivity contribution >= 4 is 17.7 Å². The molecule has 0 bridgehead atoms. The van der Waals surface area contributed by atoms with Crippen molar-refractivity contribution < 1.29 is 14.3 Å². The summed E-state index contributed by atoms with van der Waals surface area (Å²) in [4.78, 5) is 25.2. The van der Waals surface area contributed by atoms with Crippen LogP contribution in [0.2, 0.25) is 0 Å². The van der Waals surface area contributed by atoms with Crippen LogP contribution in [-0.2, 0) is 9.53 Å². The van der Waals surface area contributed by atoms with E-state index >= 15 is 0 Å². The van der Waals surface area contributed by atoms with E-state index < -0.39 is 12.1 Å². The lowest BCUT2D eigenvalue weighted by molar-refractivity contribution is -0.118. The summed E-state index contributed by atoms with van der Waals surface area (Å²) in [5.41, 5.74) is 12.0. The summed E-state index contributed by atoms with van der Waals surface area (Å²) in [5, 5.41) is 5.49. The zero-order valence-corrected chi connectivity index (χ0v) is 18.0. The van der Waals surface area contributed by atoms with Gasteiger partial charge in [-0.15, -0.1) is 0 Å². The summed E-state index contributed by atoms with van der Waals surface area (Å²) < 4.78 is 5.56. The van der Waals surface area contributed by atoms with Crippen LogP contribution < -0.4 is 16.4 Å². The van der Waals surface area contributed by atoms with Gasteiger partial charge in [0.2, 0.25) is 5.91 Å². The lowest BCUT2D eigenvalue weighted by Gasteiger charge is -2.19. The predicted octanol–water partition coefficient (Wildman–Crippen LogP) is 4.19. The molecule has 0 aliphatic heterocycles. The van der Waals surface area contributed by atoms with Gasteiger partial charge in [-0.25, -0.2) is 4.79 Å². The predicted molar refractivity (Wildman–Crippen MR) is 125 cm³/mol. The smallest absolute Gasteiger partial charge is 0.407 e. The van der Waals surface area contributed by atoms with Crippen molar-refractivity contribution in [2.24, 2.45) is 5.73 Å². The van der Waals surface area contributed by atoms with Crippen LogP contribution in [0.3, 0.4) is 0 Å². The third-order valence-electron chi connectivity index (χ3n) is 5.73. The second-order valence-electron chi connectivity index (χ2n) is 7.96. The maximum atomic E-state index is 12.7. The van der Waals surface area contributed by atoms with Crippen molar-refractivity contribution in [2.75, 3.05) is 18.5 Å². The number of nitrogens with one attached hydrogen (secondary N) is 2. The number of carbonyl (C=O) groups excluding carboxylic acids is 2. The molecule has 0 aromatic heterocycles. The zero-order chi connectivity index (χ0) is 22.5. The molecule has 1 aliphatic carbocycles. The minimum atomic E-state index is -0.781. The Balaban J connectivity index is 1.40. The number of ether oxygens (including phenoxy) is 1. The highest BCUT2D eigenvalue weighted by Gasteiger charge is 2.29. The summed E-state index contributed by atoms with van der Waals surface area (Å²) in [6, 6.07) is 23.0. The van der Waals surface area contributed by atoms with Crippen LogP contribution in [0, 0.1) is 6.92 Å². The van der Waals surface area contributed by atoms with Gasteiger partial charge in [-0.1, -0.05) is 66.2 Å². The van der Waals surface area contributed by atoms with Crippen LogP contribution in [0.1, 0.15) is 29.0 Å². The highest BCUT2D eigenvalue weighted by molar-refractivity contribution is 5.96. The number of fused-ring (bicyclic) bond motifs is 3. The first-order valence-corrected chi connectivity index (χ1v) is 10.8. The summed E-state index contributed by atoms with van der Waals surface area (Å²) in [5.74, 6) is -0.365. The molecule has 0 spiro atoms. The standard InChI is InChI=1S/C26H27N3O3/c1-17-10-12-18(13-11-17)28-25(30)24(14-15-27)29-26(31)32-16-23-21-8-4-2-6-19(21)20-7-3-5-9-22(20)23/h2-13,23-24H,14-16,27H2,1H3,(H,28,30)(H,29,31)/t24-/m1/s1. The van der Waals surface area contributed by atoms with E-state index in [4.69, 9.17) is 10.5 Å². The van der Waals surface area contributed by atoms with Gasteiger partial charge < -0.3 is 21.1 Å². The lowest BCUT2D eigenvalue weighted by Crippen LogP contribution is -2.45. The lowest BCUT2D eigenvalue weighted by atomic mass is 9.98. The Hall–Kier alpha value is -3.64. The largest absolute Gasteiger partial charge is 0.449 e. The molecule has 0 unspecified atom stereocenters. The summed E-state index contributed by atoms with van der Waals surface area (Å²) in [7, 11) is 0. The van der Waals surface area contributed by atoms with Crippen molar-refractivity contribution in [3.63, 3.8) is 0 Å². The molecule has 32 heavy (non-hydrogen) atoms. The molecular weight excluding hydrogens is 402 g/mol. The number of nitrogens with two attached hydrogens (primary N) is 1. The first-order valence-electron chi connectivity index (χ1n) is 10.8. The number of benzene rings is 3. The van der Waals surface area contributed by atoms with E-state index in [0.29, 0.717) is 12.1 Å². The molecule has 0 saturated carbocycles. The van der Waals surface area contributed by atoms with Crippen LogP contribution in [0.4, 0.5) is 10.5 Å². The maximum Gasteiger partial charge on any atom is 0.407 e. The summed E-state index contributed by atoms with van der Waals surface area (Å²) in [6.45, 7) is 2.42. The molecule has 6 heteroatoms. The quantitative estimate of drug-likeness (QED) is 0.525. The molecule has 0 saturated heterocycles. The second kappa shape index (κ2) is 9.66. The van der Waals surface area contributed by atoms with E-state index in [1.165, 1.54) is 0 Å². The van der Waals surface area contributed by atoms with Crippen molar-refractivity contribution in [3.05, 3.63) is 89.5 Å². The van der Waals surface area contributed by atoms with Gasteiger partial charge >= 0.3 is 6.09 Å². The Morgan fingerprint density at radius 3 is 2.12 bits per heavy atom. The summed E-state index contributed by atoms with van der Waals surface area (Å²) in [6.07, 6.45) is -0.327. The van der Waals surface area contributed by atoms with E-state index in [1.54, 1.807) is 0 Å². The van der Waals surface area contributed by atoms with Gasteiger partial charge in [0.25, 0.3) is 0 Å². The van der Waals surface area contributed by atoms with Crippen molar-refractivity contribution in [1.82, 2.24) is 5.32 Å². The molecular formula is C26H27N3O3. The fourth-order valence-electron chi connectivity index (χ4n) is 4.08. The topological polar surface area (TPSA) is 93.5 Å². The number of alkyl carbamates (subject to hydrolysis) is 1. The van der Waals surface area contributed by atoms with Gasteiger partial charge in [0.15, 0.2) is 0 Å². The highest BCUT2D eigenvalue weighted by Crippen LogP contribution is 2.44. The number of anilines is 1. The fraction of sp³-hybridized carbons (Fsp3) is 0.231. The normalized spacial score (nSPS) is 13.1. The molecule has 1 aliphatic rings. The molecule has 2 amide bonds. The molecule has 0 fully saturated rings. The number of hydrogen-bond donors (Lipinski definition) is 3. The third-order valence-corrected chi connectivity index (χ3v) is 5.73. The van der Waals surface area contributed by atoms with Gasteiger partial charge in [0.05, 0.1) is 0 Å². The average molecular weight is 430 g/mol. The highest BCUT2D eigenvalue weighted by atomic mass is 16.5. The van der Waals surface area contributed by atoms with E-state index in [9.17, 15) is 9.59 Å². The van der Waals surface area contributed by atoms with Gasteiger partial charge in [0.1, 0.15) is 12.6 Å². The third kappa shape index (κ3) is 4.65. The molecule has 164 valence electrons. The Morgan fingerprint density at radius 2 is 1.53 bits per heavy atom. The van der Waals surface area contributed by atoms with Gasteiger partial charge in [-0.05, 0) is 54.3 Å². The van der Waals surface area contributed by atoms with E-state index in [1.807, 2.05) is 55.5 Å². The minimum absolute atomic E-state index is 0.0394. The number of carbonyl (C=O) groups is 2. The van der Waals surface area contributed by atoms with Crippen LogP contribution in [0.15, 0.2) is 72.8 Å². The van der Waals surface area contributed by atoms with E-state index in [2.05, 4.69) is 34.9 Å². The zero-order valence-electron chi connectivity index (χ0n) is 18.0. The first kappa shape index (κ1) is 21.6. The van der Waals surface area contributed by atoms with Crippen LogP contribution in [0.5, 0.6) is 0 Å². The average Bonchev–Trinajstić information content (AvgIpc) is 3.13. The van der Waals surface area contributed by atoms with Crippen molar-refractivity contribution in [2.45, 2.75) is 25.3 Å². The molecule has 1 atom stereocenters. The number of rotatable bonds is 7. The molecule has 3 aromatic rings. The number of amides is 2. The summed E-state index contributed by atoms with van der Waals surface area (Å²) >= 11 is 0. The monoisotopic (exact) mass is 429 g/mol. The number of hydrogen-bond acceptors (Lipinski definition) is 4. The first-order chi connectivity index (χ1) is 15.6. The van der Waals surface area contributed by atoms with Crippen molar-refractivity contribution in [1.29, 1.82) is 0 Å².